The lowest BCUT2D eigenvalue weighted by Gasteiger charge is -2.27. The number of Topliss-reactive ketones (excluding diaryl/α,β-unsaturated/α-hetero) is 1. The van der Waals surface area contributed by atoms with E-state index in [1.54, 1.807) is 43.3 Å². The smallest absolute Gasteiger partial charge is 0.319 e. The van der Waals surface area contributed by atoms with Gasteiger partial charge in [-0.25, -0.2) is 4.79 Å². The number of ketones is 1. The van der Waals surface area contributed by atoms with Gasteiger partial charge in [-0.15, -0.1) is 0 Å². The molecule has 0 spiro atoms. The summed E-state index contributed by atoms with van der Waals surface area (Å²) in [7, 11) is 3.26. The Labute approximate surface area is 163 Å². The third-order valence-corrected chi connectivity index (χ3v) is 5.70. The molecule has 2 aliphatic rings. The number of rotatable bonds is 5. The fourth-order valence-corrected chi connectivity index (χ4v) is 4.13. The van der Waals surface area contributed by atoms with Crippen LogP contribution in [-0.4, -0.2) is 83.8 Å². The van der Waals surface area contributed by atoms with Gasteiger partial charge >= 0.3 is 12.0 Å². The van der Waals surface area contributed by atoms with Crippen molar-refractivity contribution in [1.29, 1.82) is 0 Å². The summed E-state index contributed by atoms with van der Waals surface area (Å²) < 4.78 is 0. The highest BCUT2D eigenvalue weighted by Crippen LogP contribution is 2.43. The Hall–Kier alpha value is -2.90. The van der Waals surface area contributed by atoms with Gasteiger partial charge in [-0.3, -0.25) is 14.4 Å². The third-order valence-electron chi connectivity index (χ3n) is 5.70. The van der Waals surface area contributed by atoms with Crippen LogP contribution in [-0.2, 0) is 9.59 Å². The molecule has 0 aromatic heterocycles. The van der Waals surface area contributed by atoms with Gasteiger partial charge in [0.05, 0.1) is 0 Å². The number of fused-ring (bicyclic) bond motifs is 1. The molecule has 1 aromatic rings. The molecule has 8 heteroatoms. The van der Waals surface area contributed by atoms with E-state index in [1.165, 1.54) is 9.80 Å². The van der Waals surface area contributed by atoms with Crippen molar-refractivity contribution in [3.8, 4) is 0 Å². The van der Waals surface area contributed by atoms with Crippen molar-refractivity contribution in [3.05, 3.63) is 35.9 Å². The van der Waals surface area contributed by atoms with Crippen LogP contribution in [0.1, 0.15) is 23.2 Å². The fraction of sp³-hybridized carbons (Fsp3) is 0.500. The molecule has 0 unspecified atom stereocenters. The van der Waals surface area contributed by atoms with Gasteiger partial charge in [-0.2, -0.15) is 0 Å². The van der Waals surface area contributed by atoms with Crippen LogP contribution < -0.4 is 0 Å². The number of carbonyl (C=O) groups excluding carboxylic acids is 3. The number of hydrogen-bond acceptors (Lipinski definition) is 4. The molecule has 2 fully saturated rings. The van der Waals surface area contributed by atoms with Crippen molar-refractivity contribution in [2.45, 2.75) is 12.8 Å². The Kier molecular flexibility index (Phi) is 5.40. The van der Waals surface area contributed by atoms with Crippen molar-refractivity contribution >= 4 is 23.7 Å². The normalized spacial score (nSPS) is 23.4. The molecule has 8 nitrogen and oxygen atoms in total. The molecule has 3 amide bonds. The number of amides is 3. The summed E-state index contributed by atoms with van der Waals surface area (Å²) >= 11 is 0. The fourth-order valence-electron chi connectivity index (χ4n) is 4.13. The molecule has 0 radical (unpaired) electrons. The second-order valence-corrected chi connectivity index (χ2v) is 7.78. The van der Waals surface area contributed by atoms with Gasteiger partial charge in [0.25, 0.3) is 0 Å². The van der Waals surface area contributed by atoms with Crippen LogP contribution in [0.4, 0.5) is 4.79 Å². The predicted molar refractivity (Wildman–Crippen MR) is 101 cm³/mol. The first-order chi connectivity index (χ1) is 13.2. The minimum atomic E-state index is -1.13. The van der Waals surface area contributed by atoms with Crippen LogP contribution in [0, 0.1) is 11.3 Å². The van der Waals surface area contributed by atoms with Gasteiger partial charge < -0.3 is 19.8 Å². The Balaban J connectivity index is 1.62. The quantitative estimate of drug-likeness (QED) is 0.765. The van der Waals surface area contributed by atoms with Gasteiger partial charge in [-0.1, -0.05) is 30.3 Å². The molecule has 2 atom stereocenters. The Morgan fingerprint density at radius 3 is 2.21 bits per heavy atom. The van der Waals surface area contributed by atoms with E-state index in [-0.39, 0.29) is 49.6 Å². The highest BCUT2D eigenvalue weighted by molar-refractivity contribution is 5.98. The van der Waals surface area contributed by atoms with Gasteiger partial charge in [0.15, 0.2) is 5.78 Å². The summed E-state index contributed by atoms with van der Waals surface area (Å²) in [5.74, 6) is -1.61. The average molecular weight is 387 g/mol. The standard InChI is InChI=1S/C20H25N3O5/c1-21(2)19(28)23-11-15-10-22(12-20(15,13-23)18(26)27)17(25)9-8-16(24)14-6-4-3-5-7-14/h3-7,15H,8-13H2,1-2H3,(H,26,27)/t15-,20-/m0/s1. The highest BCUT2D eigenvalue weighted by Gasteiger charge is 2.59. The summed E-state index contributed by atoms with van der Waals surface area (Å²) in [4.78, 5) is 53.5. The Morgan fingerprint density at radius 2 is 1.64 bits per heavy atom. The number of carbonyl (C=O) groups is 4. The number of likely N-dealkylation sites (tertiary alicyclic amines) is 2. The summed E-state index contributed by atoms with van der Waals surface area (Å²) in [5, 5.41) is 9.84. The van der Waals surface area contributed by atoms with Gasteiger partial charge in [0.1, 0.15) is 5.41 Å². The summed E-state index contributed by atoms with van der Waals surface area (Å²) in [5.41, 5.74) is -0.571. The van der Waals surface area contributed by atoms with E-state index in [2.05, 4.69) is 0 Å². The van der Waals surface area contributed by atoms with Crippen LogP contribution >= 0.6 is 0 Å². The number of benzene rings is 1. The summed E-state index contributed by atoms with van der Waals surface area (Å²) in [6.45, 7) is 0.775. The highest BCUT2D eigenvalue weighted by atomic mass is 16.4. The average Bonchev–Trinajstić information content (AvgIpc) is 3.21. The van der Waals surface area contributed by atoms with Crippen LogP contribution in [0.15, 0.2) is 30.3 Å². The monoisotopic (exact) mass is 387 g/mol. The molecule has 1 N–H and O–H groups in total. The van der Waals surface area contributed by atoms with Crippen LogP contribution in [0.3, 0.4) is 0 Å². The lowest BCUT2D eigenvalue weighted by Crippen LogP contribution is -2.45. The minimum Gasteiger partial charge on any atom is -0.481 e. The van der Waals surface area contributed by atoms with E-state index in [1.807, 2.05) is 6.07 Å². The maximum atomic E-state index is 12.6. The van der Waals surface area contributed by atoms with Gasteiger partial charge in [-0.05, 0) is 0 Å². The molecule has 0 bridgehead atoms. The number of hydrogen-bond donors (Lipinski definition) is 1. The topological polar surface area (TPSA) is 98.2 Å². The number of carboxylic acid groups (broad SMARTS) is 1. The summed E-state index contributed by atoms with van der Waals surface area (Å²) in [6, 6.07) is 8.57. The second-order valence-electron chi connectivity index (χ2n) is 7.78. The SMILES string of the molecule is CN(C)C(=O)N1C[C@@H]2CN(C(=O)CCC(=O)c3ccccc3)C[C@]2(C(=O)O)C1. The molecule has 2 aliphatic heterocycles. The van der Waals surface area contributed by atoms with Gasteiger partial charge in [0.2, 0.25) is 5.91 Å². The molecule has 150 valence electrons. The maximum Gasteiger partial charge on any atom is 0.319 e. The lowest BCUT2D eigenvalue weighted by molar-refractivity contribution is -0.149. The van der Waals surface area contributed by atoms with Gasteiger partial charge in [0, 0.05) is 64.6 Å². The van der Waals surface area contributed by atoms with E-state index in [0.29, 0.717) is 18.7 Å². The zero-order chi connectivity index (χ0) is 20.5. The van der Waals surface area contributed by atoms with E-state index >= 15 is 0 Å². The van der Waals surface area contributed by atoms with Crippen molar-refractivity contribution in [1.82, 2.24) is 14.7 Å². The molecule has 28 heavy (non-hydrogen) atoms. The van der Waals surface area contributed by atoms with E-state index in [0.717, 1.165) is 0 Å². The lowest BCUT2D eigenvalue weighted by atomic mass is 9.81. The van der Waals surface area contributed by atoms with E-state index in [9.17, 15) is 24.3 Å². The number of nitrogens with zero attached hydrogens (tertiary/aromatic N) is 3. The molecule has 0 saturated carbocycles. The number of aliphatic carboxylic acids is 1. The Bertz CT molecular complexity index is 794. The Morgan fingerprint density at radius 1 is 1.04 bits per heavy atom. The molecule has 3 rings (SSSR count). The number of carboxylic acids is 1. The zero-order valence-corrected chi connectivity index (χ0v) is 16.1. The molecular formula is C20H25N3O5. The largest absolute Gasteiger partial charge is 0.481 e. The van der Waals surface area contributed by atoms with E-state index in [4.69, 9.17) is 0 Å². The first kappa shape index (κ1) is 19.9. The molecule has 0 aliphatic carbocycles. The first-order valence-corrected chi connectivity index (χ1v) is 9.30. The van der Waals surface area contributed by atoms with Crippen molar-refractivity contribution in [2.75, 3.05) is 40.3 Å². The molecule has 2 saturated heterocycles. The van der Waals surface area contributed by atoms with Crippen LogP contribution in [0.25, 0.3) is 0 Å². The molecule has 1 aromatic carbocycles. The molecular weight excluding hydrogens is 362 g/mol. The predicted octanol–water partition coefficient (Wildman–Crippen LogP) is 1.18. The molecule has 2 heterocycles. The first-order valence-electron chi connectivity index (χ1n) is 9.30. The second kappa shape index (κ2) is 7.61. The van der Waals surface area contributed by atoms with Crippen molar-refractivity contribution in [3.63, 3.8) is 0 Å². The third kappa shape index (κ3) is 3.58. The van der Waals surface area contributed by atoms with Crippen molar-refractivity contribution < 1.29 is 24.3 Å². The number of urea groups is 1. The minimum absolute atomic E-state index is 0.0521. The van der Waals surface area contributed by atoms with Crippen LogP contribution in [0.5, 0.6) is 0 Å². The maximum absolute atomic E-state index is 12.6. The summed E-state index contributed by atoms with van der Waals surface area (Å²) in [6.07, 6.45) is 0.145. The van der Waals surface area contributed by atoms with Crippen LogP contribution in [0.2, 0.25) is 0 Å². The van der Waals surface area contributed by atoms with E-state index < -0.39 is 11.4 Å². The van der Waals surface area contributed by atoms with Crippen molar-refractivity contribution in [2.24, 2.45) is 11.3 Å². The zero-order valence-electron chi connectivity index (χ0n) is 16.1.